The van der Waals surface area contributed by atoms with Gasteiger partial charge in [-0.1, -0.05) is 0 Å². The molecule has 0 aliphatic carbocycles. The summed E-state index contributed by atoms with van der Waals surface area (Å²) in [5, 5.41) is 1.96. The van der Waals surface area contributed by atoms with E-state index in [4.69, 9.17) is 5.84 Å². The Morgan fingerprint density at radius 2 is 1.67 bits per heavy atom. The maximum absolute atomic E-state index is 5.74. The molecule has 2 heterocycles. The molecule has 2 rings (SSSR count). The van der Waals surface area contributed by atoms with Crippen molar-refractivity contribution in [1.29, 1.82) is 0 Å². The van der Waals surface area contributed by atoms with E-state index in [-0.39, 0.29) is 0 Å². The minimum Gasteiger partial charge on any atom is -0.306 e. The van der Waals surface area contributed by atoms with Crippen LogP contribution >= 0.6 is 0 Å². The van der Waals surface area contributed by atoms with E-state index in [1.165, 1.54) is 32.4 Å². The van der Waals surface area contributed by atoms with E-state index in [2.05, 4.69) is 11.9 Å². The van der Waals surface area contributed by atoms with E-state index < -0.39 is 0 Å². The van der Waals surface area contributed by atoms with Gasteiger partial charge in [0.05, 0.1) is 0 Å². The average molecular weight is 169 g/mol. The first kappa shape index (κ1) is 8.48. The van der Waals surface area contributed by atoms with Crippen LogP contribution in [0, 0.1) is 5.41 Å². The standard InChI is InChI=1S/C9H19N3/c1-11-5-2-9(8-11)3-6-12(10)7-4-9/h2-8,10H2,1H3. The van der Waals surface area contributed by atoms with Crippen LogP contribution in [0.1, 0.15) is 19.3 Å². The zero-order chi connectivity index (χ0) is 8.60. The molecule has 0 unspecified atom stereocenters. The third-order valence-electron chi connectivity index (χ3n) is 3.49. The normalized spacial score (nSPS) is 31.5. The predicted octanol–water partition coefficient (Wildman–Crippen LogP) is 0.278. The summed E-state index contributed by atoms with van der Waals surface area (Å²) in [5.41, 5.74) is 0.630. The fourth-order valence-corrected chi connectivity index (χ4v) is 2.57. The summed E-state index contributed by atoms with van der Waals surface area (Å²) >= 11 is 0. The summed E-state index contributed by atoms with van der Waals surface area (Å²) in [6.45, 7) is 4.76. The predicted molar refractivity (Wildman–Crippen MR) is 49.5 cm³/mol. The second-order valence-electron chi connectivity index (χ2n) is 4.52. The topological polar surface area (TPSA) is 32.5 Å². The Labute approximate surface area is 74.5 Å². The second kappa shape index (κ2) is 2.98. The lowest BCUT2D eigenvalue weighted by atomic mass is 9.78. The van der Waals surface area contributed by atoms with Crippen LogP contribution in [0.15, 0.2) is 0 Å². The Morgan fingerprint density at radius 1 is 1.08 bits per heavy atom. The average Bonchev–Trinajstić information content (AvgIpc) is 2.40. The molecular weight excluding hydrogens is 150 g/mol. The number of piperidine rings is 1. The molecule has 0 saturated carbocycles. The minimum absolute atomic E-state index is 0.630. The summed E-state index contributed by atoms with van der Waals surface area (Å²) in [5.74, 6) is 5.74. The van der Waals surface area contributed by atoms with Crippen LogP contribution in [0.2, 0.25) is 0 Å². The molecule has 0 bridgehead atoms. The molecule has 0 aromatic rings. The van der Waals surface area contributed by atoms with Crippen LogP contribution in [0.25, 0.3) is 0 Å². The molecule has 0 atom stereocenters. The molecule has 2 fully saturated rings. The number of nitrogens with two attached hydrogens (primary N) is 1. The van der Waals surface area contributed by atoms with Crippen LogP contribution in [0.3, 0.4) is 0 Å². The van der Waals surface area contributed by atoms with Crippen molar-refractivity contribution in [1.82, 2.24) is 9.91 Å². The van der Waals surface area contributed by atoms with Gasteiger partial charge in [-0.3, -0.25) is 5.84 Å². The lowest BCUT2D eigenvalue weighted by Gasteiger charge is -2.37. The molecule has 2 saturated heterocycles. The first-order valence-electron chi connectivity index (χ1n) is 4.88. The Balaban J connectivity index is 1.95. The highest BCUT2D eigenvalue weighted by atomic mass is 15.4. The van der Waals surface area contributed by atoms with Crippen LogP contribution < -0.4 is 5.84 Å². The van der Waals surface area contributed by atoms with Crippen LogP contribution in [-0.4, -0.2) is 43.1 Å². The molecule has 3 nitrogen and oxygen atoms in total. The number of likely N-dealkylation sites (tertiary alicyclic amines) is 1. The van der Waals surface area contributed by atoms with E-state index in [0.717, 1.165) is 13.1 Å². The zero-order valence-corrected chi connectivity index (χ0v) is 7.92. The van der Waals surface area contributed by atoms with Gasteiger partial charge in [0, 0.05) is 19.6 Å². The van der Waals surface area contributed by atoms with Gasteiger partial charge in [0.15, 0.2) is 0 Å². The zero-order valence-electron chi connectivity index (χ0n) is 7.92. The number of hydrogen-bond acceptors (Lipinski definition) is 3. The fraction of sp³-hybridized carbons (Fsp3) is 1.00. The first-order chi connectivity index (χ1) is 5.70. The van der Waals surface area contributed by atoms with Crippen LogP contribution in [0.5, 0.6) is 0 Å². The number of nitrogens with zero attached hydrogens (tertiary/aromatic N) is 2. The molecule has 2 N–H and O–H groups in total. The van der Waals surface area contributed by atoms with E-state index >= 15 is 0 Å². The highest BCUT2D eigenvalue weighted by Crippen LogP contribution is 2.38. The van der Waals surface area contributed by atoms with Gasteiger partial charge in [-0.2, -0.15) is 0 Å². The van der Waals surface area contributed by atoms with Crippen molar-refractivity contribution in [2.24, 2.45) is 11.3 Å². The molecule has 0 amide bonds. The fourth-order valence-electron chi connectivity index (χ4n) is 2.57. The Morgan fingerprint density at radius 3 is 2.17 bits per heavy atom. The summed E-state index contributed by atoms with van der Waals surface area (Å²) in [7, 11) is 2.23. The third kappa shape index (κ3) is 1.49. The number of hydrogen-bond donors (Lipinski definition) is 1. The largest absolute Gasteiger partial charge is 0.306 e. The van der Waals surface area contributed by atoms with E-state index in [1.807, 2.05) is 5.01 Å². The molecule has 2 aliphatic rings. The van der Waals surface area contributed by atoms with E-state index in [1.54, 1.807) is 0 Å². The molecule has 0 aromatic heterocycles. The van der Waals surface area contributed by atoms with Crippen molar-refractivity contribution in [2.75, 3.05) is 33.2 Å². The van der Waals surface area contributed by atoms with Crippen molar-refractivity contribution >= 4 is 0 Å². The maximum Gasteiger partial charge on any atom is 0.0134 e. The van der Waals surface area contributed by atoms with Crippen molar-refractivity contribution in [3.8, 4) is 0 Å². The highest BCUT2D eigenvalue weighted by Gasteiger charge is 2.38. The van der Waals surface area contributed by atoms with Crippen LogP contribution in [-0.2, 0) is 0 Å². The Kier molecular flexibility index (Phi) is 2.10. The molecule has 3 heteroatoms. The van der Waals surface area contributed by atoms with Gasteiger partial charge in [-0.25, -0.2) is 5.01 Å². The smallest absolute Gasteiger partial charge is 0.0134 e. The summed E-state index contributed by atoms with van der Waals surface area (Å²) in [6.07, 6.45) is 3.99. The van der Waals surface area contributed by atoms with Crippen LogP contribution in [0.4, 0.5) is 0 Å². The maximum atomic E-state index is 5.74. The lowest BCUT2D eigenvalue weighted by molar-refractivity contribution is 0.111. The molecule has 70 valence electrons. The Hall–Kier alpha value is -0.120. The van der Waals surface area contributed by atoms with E-state index in [9.17, 15) is 0 Å². The molecule has 0 aromatic carbocycles. The Bertz CT molecular complexity index is 161. The molecule has 1 spiro atoms. The quantitative estimate of drug-likeness (QED) is 0.529. The van der Waals surface area contributed by atoms with Crippen molar-refractivity contribution in [3.63, 3.8) is 0 Å². The third-order valence-corrected chi connectivity index (χ3v) is 3.49. The first-order valence-corrected chi connectivity index (χ1v) is 4.88. The van der Waals surface area contributed by atoms with Gasteiger partial charge in [0.1, 0.15) is 0 Å². The van der Waals surface area contributed by atoms with Crippen molar-refractivity contribution in [2.45, 2.75) is 19.3 Å². The van der Waals surface area contributed by atoms with Crippen molar-refractivity contribution in [3.05, 3.63) is 0 Å². The monoisotopic (exact) mass is 169 g/mol. The van der Waals surface area contributed by atoms with Gasteiger partial charge < -0.3 is 4.90 Å². The summed E-state index contributed by atoms with van der Waals surface area (Å²) < 4.78 is 0. The molecule has 0 radical (unpaired) electrons. The van der Waals surface area contributed by atoms with Gasteiger partial charge in [-0.15, -0.1) is 0 Å². The summed E-state index contributed by atoms with van der Waals surface area (Å²) in [6, 6.07) is 0. The van der Waals surface area contributed by atoms with Gasteiger partial charge in [0.2, 0.25) is 0 Å². The molecule has 12 heavy (non-hydrogen) atoms. The number of hydrazine groups is 1. The highest BCUT2D eigenvalue weighted by molar-refractivity contribution is 4.91. The number of rotatable bonds is 0. The van der Waals surface area contributed by atoms with Gasteiger partial charge >= 0.3 is 0 Å². The SMILES string of the molecule is CN1CCC2(CCN(N)CC2)C1. The lowest BCUT2D eigenvalue weighted by Crippen LogP contribution is -2.44. The molecular formula is C9H19N3. The second-order valence-corrected chi connectivity index (χ2v) is 4.52. The molecule has 2 aliphatic heterocycles. The minimum atomic E-state index is 0.630. The van der Waals surface area contributed by atoms with Gasteiger partial charge in [0.25, 0.3) is 0 Å². The summed E-state index contributed by atoms with van der Waals surface area (Å²) in [4.78, 5) is 2.45. The van der Waals surface area contributed by atoms with Gasteiger partial charge in [-0.05, 0) is 38.3 Å². The van der Waals surface area contributed by atoms with Crippen molar-refractivity contribution < 1.29 is 0 Å². The van der Waals surface area contributed by atoms with E-state index in [0.29, 0.717) is 5.41 Å².